The number of para-hydroxylation sites is 1. The molecule has 1 saturated heterocycles. The highest BCUT2D eigenvalue weighted by atomic mass is 32.2. The Morgan fingerprint density at radius 1 is 0.967 bits per heavy atom. The van der Waals surface area contributed by atoms with Gasteiger partial charge < -0.3 is 4.74 Å². The predicted molar refractivity (Wildman–Crippen MR) is 122 cm³/mol. The van der Waals surface area contributed by atoms with Crippen molar-refractivity contribution in [3.8, 4) is 5.75 Å². The number of halogens is 1. The minimum absolute atomic E-state index is 0.104. The second kappa shape index (κ2) is 9.24. The maximum atomic E-state index is 13.9. The van der Waals surface area contributed by atoms with Gasteiger partial charge in [0.15, 0.2) is 0 Å². The molecule has 0 atom stereocenters. The quantitative estimate of drug-likeness (QED) is 0.361. The van der Waals surface area contributed by atoms with E-state index in [0.717, 1.165) is 11.1 Å². The summed E-state index contributed by atoms with van der Waals surface area (Å²) in [5.74, 6) is 0.142. The van der Waals surface area contributed by atoms with Crippen molar-refractivity contribution in [3.63, 3.8) is 0 Å². The van der Waals surface area contributed by atoms with Gasteiger partial charge in [-0.25, -0.2) is 4.39 Å². The molecule has 1 fully saturated rings. The molecule has 4 rings (SSSR count). The molecule has 0 saturated carbocycles. The summed E-state index contributed by atoms with van der Waals surface area (Å²) in [5, 5.41) is 0. The van der Waals surface area contributed by atoms with Gasteiger partial charge in [0.05, 0.1) is 11.4 Å². The van der Waals surface area contributed by atoms with Crippen LogP contribution in [0.15, 0.2) is 83.8 Å². The molecule has 30 heavy (non-hydrogen) atoms. The van der Waals surface area contributed by atoms with E-state index >= 15 is 0 Å². The van der Waals surface area contributed by atoms with Crippen LogP contribution in [0.3, 0.4) is 0 Å². The van der Waals surface area contributed by atoms with E-state index in [1.54, 1.807) is 35.2 Å². The Kier molecular flexibility index (Phi) is 6.26. The van der Waals surface area contributed by atoms with E-state index in [1.807, 2.05) is 48.5 Å². The Morgan fingerprint density at radius 2 is 1.67 bits per heavy atom. The summed E-state index contributed by atoms with van der Waals surface area (Å²) in [7, 11) is 0. The number of rotatable bonds is 6. The van der Waals surface area contributed by atoms with Gasteiger partial charge in [-0.05, 0) is 23.8 Å². The molecule has 0 unspecified atom stereocenters. The largest absolute Gasteiger partial charge is 0.488 e. The van der Waals surface area contributed by atoms with Gasteiger partial charge in [-0.3, -0.25) is 9.69 Å². The normalized spacial score (nSPS) is 15.1. The van der Waals surface area contributed by atoms with E-state index in [9.17, 15) is 9.18 Å². The van der Waals surface area contributed by atoms with Gasteiger partial charge in [-0.2, -0.15) is 0 Å². The van der Waals surface area contributed by atoms with Gasteiger partial charge in [-0.15, -0.1) is 0 Å². The topological polar surface area (TPSA) is 29.5 Å². The second-order valence-corrected chi connectivity index (χ2v) is 8.35. The minimum Gasteiger partial charge on any atom is -0.488 e. The number of benzene rings is 3. The third kappa shape index (κ3) is 4.61. The number of carbonyl (C=O) groups excluding carboxylic acids is 1. The van der Waals surface area contributed by atoms with Crippen molar-refractivity contribution >= 4 is 40.3 Å². The predicted octanol–water partition coefficient (Wildman–Crippen LogP) is 5.81. The minimum atomic E-state index is -0.309. The summed E-state index contributed by atoms with van der Waals surface area (Å²) in [6.07, 6.45) is 1.78. The smallest absolute Gasteiger partial charge is 0.266 e. The van der Waals surface area contributed by atoms with Crippen LogP contribution in [0.2, 0.25) is 0 Å². The Morgan fingerprint density at radius 3 is 2.47 bits per heavy atom. The molecule has 3 nitrogen and oxygen atoms in total. The Bertz CT molecular complexity index is 1110. The molecular formula is C24H18FNO2S2. The van der Waals surface area contributed by atoms with Gasteiger partial charge in [-0.1, -0.05) is 90.7 Å². The fourth-order valence-electron chi connectivity index (χ4n) is 3.05. The number of amides is 1. The molecule has 3 aromatic rings. The second-order valence-electron chi connectivity index (χ2n) is 6.67. The molecule has 0 aliphatic carbocycles. The summed E-state index contributed by atoms with van der Waals surface area (Å²) in [6, 6.07) is 23.6. The van der Waals surface area contributed by atoms with E-state index in [2.05, 4.69) is 0 Å². The summed E-state index contributed by atoms with van der Waals surface area (Å²) in [6.45, 7) is 0.542. The molecule has 150 valence electrons. The van der Waals surface area contributed by atoms with Crippen molar-refractivity contribution in [3.05, 3.63) is 106 Å². The van der Waals surface area contributed by atoms with E-state index in [4.69, 9.17) is 17.0 Å². The molecule has 0 N–H and O–H groups in total. The van der Waals surface area contributed by atoms with Crippen LogP contribution in [0.5, 0.6) is 5.75 Å². The Labute approximate surface area is 184 Å². The zero-order valence-corrected chi connectivity index (χ0v) is 17.6. The maximum absolute atomic E-state index is 13.9. The molecule has 0 aromatic heterocycles. The van der Waals surface area contributed by atoms with Crippen LogP contribution in [0, 0.1) is 5.82 Å². The average molecular weight is 436 g/mol. The number of carbonyl (C=O) groups is 1. The molecule has 1 aliphatic heterocycles. The fourth-order valence-corrected chi connectivity index (χ4v) is 4.29. The summed E-state index contributed by atoms with van der Waals surface area (Å²) in [5.41, 5.74) is 2.24. The number of nitrogens with zero attached hydrogens (tertiary/aromatic N) is 1. The van der Waals surface area contributed by atoms with E-state index in [0.29, 0.717) is 27.1 Å². The maximum Gasteiger partial charge on any atom is 0.266 e. The van der Waals surface area contributed by atoms with Crippen LogP contribution >= 0.6 is 24.0 Å². The van der Waals surface area contributed by atoms with Crippen molar-refractivity contribution in [2.45, 2.75) is 13.2 Å². The number of hydrogen-bond donors (Lipinski definition) is 0. The van der Waals surface area contributed by atoms with E-state index in [-0.39, 0.29) is 18.3 Å². The molecule has 0 radical (unpaired) electrons. The third-order valence-electron chi connectivity index (χ3n) is 4.60. The first-order valence-corrected chi connectivity index (χ1v) is 10.6. The SMILES string of the molecule is O=C1/C(=C/c2ccccc2OCc2ccccc2F)SC(=S)N1Cc1ccccc1. The van der Waals surface area contributed by atoms with Gasteiger partial charge >= 0.3 is 0 Å². The summed E-state index contributed by atoms with van der Waals surface area (Å²) in [4.78, 5) is 15.1. The fraction of sp³-hybridized carbons (Fsp3) is 0.0833. The number of ether oxygens (including phenoxy) is 1. The van der Waals surface area contributed by atoms with Gasteiger partial charge in [0.2, 0.25) is 0 Å². The molecule has 3 aromatic carbocycles. The number of thioether (sulfide) groups is 1. The monoisotopic (exact) mass is 435 g/mol. The van der Waals surface area contributed by atoms with Crippen molar-refractivity contribution in [2.75, 3.05) is 0 Å². The van der Waals surface area contributed by atoms with E-state index in [1.165, 1.54) is 17.8 Å². The van der Waals surface area contributed by atoms with Gasteiger partial charge in [0.25, 0.3) is 5.91 Å². The lowest BCUT2D eigenvalue weighted by Crippen LogP contribution is -2.27. The standard InChI is InChI=1S/C24H18FNO2S2/c25-20-12-6-4-11-19(20)16-28-21-13-7-5-10-18(21)14-22-23(27)26(24(29)30-22)15-17-8-2-1-3-9-17/h1-14H,15-16H2/b22-14-. The highest BCUT2D eigenvalue weighted by Crippen LogP contribution is 2.35. The Hall–Kier alpha value is -2.96. The first-order valence-electron chi connectivity index (χ1n) is 9.36. The molecule has 0 bridgehead atoms. The van der Waals surface area contributed by atoms with Crippen LogP contribution < -0.4 is 4.74 Å². The zero-order valence-electron chi connectivity index (χ0n) is 16.0. The van der Waals surface area contributed by atoms with Gasteiger partial charge in [0, 0.05) is 11.1 Å². The lowest BCUT2D eigenvalue weighted by molar-refractivity contribution is -0.122. The number of thiocarbonyl (C=S) groups is 1. The van der Waals surface area contributed by atoms with Crippen LogP contribution in [-0.2, 0) is 17.9 Å². The van der Waals surface area contributed by atoms with Gasteiger partial charge in [0.1, 0.15) is 22.5 Å². The van der Waals surface area contributed by atoms with Crippen LogP contribution in [0.25, 0.3) is 6.08 Å². The highest BCUT2D eigenvalue weighted by Gasteiger charge is 2.32. The Balaban J connectivity index is 1.53. The van der Waals surface area contributed by atoms with Crippen molar-refractivity contribution in [1.29, 1.82) is 0 Å². The first kappa shape index (κ1) is 20.3. The molecule has 0 spiro atoms. The van der Waals surface area contributed by atoms with Crippen LogP contribution in [0.1, 0.15) is 16.7 Å². The lowest BCUT2D eigenvalue weighted by Gasteiger charge is -2.14. The lowest BCUT2D eigenvalue weighted by atomic mass is 10.1. The average Bonchev–Trinajstić information content (AvgIpc) is 3.02. The third-order valence-corrected chi connectivity index (χ3v) is 5.98. The molecule has 1 aliphatic rings. The van der Waals surface area contributed by atoms with Crippen molar-refractivity contribution in [1.82, 2.24) is 4.90 Å². The van der Waals surface area contributed by atoms with Crippen LogP contribution in [0.4, 0.5) is 4.39 Å². The summed E-state index contributed by atoms with van der Waals surface area (Å²) >= 11 is 6.70. The zero-order chi connectivity index (χ0) is 20.9. The van der Waals surface area contributed by atoms with Crippen LogP contribution in [-0.4, -0.2) is 15.1 Å². The molecule has 6 heteroatoms. The summed E-state index contributed by atoms with van der Waals surface area (Å²) < 4.78 is 20.3. The highest BCUT2D eigenvalue weighted by molar-refractivity contribution is 8.26. The van der Waals surface area contributed by atoms with E-state index < -0.39 is 0 Å². The van der Waals surface area contributed by atoms with Crippen molar-refractivity contribution < 1.29 is 13.9 Å². The van der Waals surface area contributed by atoms with Crippen molar-refractivity contribution in [2.24, 2.45) is 0 Å². The number of hydrogen-bond acceptors (Lipinski definition) is 4. The molecular weight excluding hydrogens is 417 g/mol. The first-order chi connectivity index (χ1) is 14.6. The molecule has 1 amide bonds. The molecule has 1 heterocycles.